The van der Waals surface area contributed by atoms with Crippen molar-refractivity contribution in [2.75, 3.05) is 5.32 Å². The fraction of sp³-hybridized carbons (Fsp3) is 0. The predicted molar refractivity (Wildman–Crippen MR) is 93.2 cm³/mol. The van der Waals surface area contributed by atoms with Crippen LogP contribution in [-0.4, -0.2) is 15.9 Å². The van der Waals surface area contributed by atoms with Gasteiger partial charge in [-0.1, -0.05) is 24.3 Å². The number of halogens is 1. The van der Waals surface area contributed by atoms with Crippen molar-refractivity contribution < 1.29 is 9.21 Å². The Morgan fingerprint density at radius 2 is 1.88 bits per heavy atom. The van der Waals surface area contributed by atoms with Crippen molar-refractivity contribution >= 4 is 34.2 Å². The molecule has 4 aromatic rings. The second-order valence-corrected chi connectivity index (χ2v) is 5.58. The standard InChI is InChI=1S/C18H12ClN3O2/c19-15-10-9-14(24-15)17-21-13-8-4-7-12(16(13)22-17)18(23)20-11-5-2-1-3-6-11/h1-10H,(H,20,23)(H,21,22). The first kappa shape index (κ1) is 14.5. The van der Waals surface area contributed by atoms with Crippen molar-refractivity contribution in [3.05, 3.63) is 71.4 Å². The highest BCUT2D eigenvalue weighted by Crippen LogP contribution is 2.26. The number of fused-ring (bicyclic) bond motifs is 1. The summed E-state index contributed by atoms with van der Waals surface area (Å²) in [4.78, 5) is 20.2. The summed E-state index contributed by atoms with van der Waals surface area (Å²) < 4.78 is 5.37. The number of H-pyrrole nitrogens is 1. The van der Waals surface area contributed by atoms with Gasteiger partial charge in [-0.3, -0.25) is 4.79 Å². The third-order valence-corrected chi connectivity index (χ3v) is 3.80. The van der Waals surface area contributed by atoms with Gasteiger partial charge in [-0.05, 0) is 48.0 Å². The van der Waals surface area contributed by atoms with Crippen LogP contribution in [0.1, 0.15) is 10.4 Å². The van der Waals surface area contributed by atoms with Gasteiger partial charge in [0, 0.05) is 5.69 Å². The van der Waals surface area contributed by atoms with E-state index in [1.165, 1.54) is 0 Å². The number of carbonyl (C=O) groups excluding carboxylic acids is 1. The fourth-order valence-electron chi connectivity index (χ4n) is 2.49. The van der Waals surface area contributed by atoms with Crippen molar-refractivity contribution in [1.82, 2.24) is 9.97 Å². The Balaban J connectivity index is 1.73. The highest BCUT2D eigenvalue weighted by molar-refractivity contribution is 6.29. The van der Waals surface area contributed by atoms with Gasteiger partial charge in [0.15, 0.2) is 16.8 Å². The second kappa shape index (κ2) is 5.86. The number of aromatic amines is 1. The Hall–Kier alpha value is -3.05. The van der Waals surface area contributed by atoms with Crippen LogP contribution in [0.2, 0.25) is 5.22 Å². The summed E-state index contributed by atoms with van der Waals surface area (Å²) >= 11 is 5.81. The van der Waals surface area contributed by atoms with Crippen molar-refractivity contribution in [2.24, 2.45) is 0 Å². The zero-order chi connectivity index (χ0) is 16.5. The average molecular weight is 338 g/mol. The van der Waals surface area contributed by atoms with E-state index in [4.69, 9.17) is 16.0 Å². The van der Waals surface area contributed by atoms with Crippen LogP contribution < -0.4 is 5.32 Å². The Morgan fingerprint density at radius 3 is 2.62 bits per heavy atom. The number of furan rings is 1. The van der Waals surface area contributed by atoms with Gasteiger partial charge in [-0.15, -0.1) is 0 Å². The van der Waals surface area contributed by atoms with E-state index >= 15 is 0 Å². The fourth-order valence-corrected chi connectivity index (χ4v) is 2.64. The summed E-state index contributed by atoms with van der Waals surface area (Å²) in [5, 5.41) is 3.15. The topological polar surface area (TPSA) is 70.9 Å². The molecule has 2 aromatic carbocycles. The van der Waals surface area contributed by atoms with Gasteiger partial charge < -0.3 is 14.7 Å². The Kier molecular flexibility index (Phi) is 3.55. The van der Waals surface area contributed by atoms with E-state index in [1.54, 1.807) is 24.3 Å². The first-order chi connectivity index (χ1) is 11.7. The van der Waals surface area contributed by atoms with Gasteiger partial charge in [0.05, 0.1) is 11.1 Å². The molecule has 0 atom stereocenters. The largest absolute Gasteiger partial charge is 0.441 e. The molecule has 0 bridgehead atoms. The SMILES string of the molecule is O=C(Nc1ccccc1)c1cccc2[nH]c(-c3ccc(Cl)o3)nc12. The lowest BCUT2D eigenvalue weighted by atomic mass is 10.1. The van der Waals surface area contributed by atoms with Gasteiger partial charge in [0.1, 0.15) is 5.52 Å². The normalized spacial score (nSPS) is 10.9. The molecule has 2 N–H and O–H groups in total. The van der Waals surface area contributed by atoms with E-state index in [9.17, 15) is 4.79 Å². The smallest absolute Gasteiger partial charge is 0.257 e. The number of hydrogen-bond acceptors (Lipinski definition) is 3. The lowest BCUT2D eigenvalue weighted by Gasteiger charge is -2.05. The van der Waals surface area contributed by atoms with Crippen LogP contribution in [-0.2, 0) is 0 Å². The van der Waals surface area contributed by atoms with Crippen molar-refractivity contribution in [1.29, 1.82) is 0 Å². The third kappa shape index (κ3) is 2.66. The molecule has 0 aliphatic carbocycles. The number of aromatic nitrogens is 2. The van der Waals surface area contributed by atoms with Crippen LogP contribution in [0.4, 0.5) is 5.69 Å². The predicted octanol–water partition coefficient (Wildman–Crippen LogP) is 4.73. The number of rotatable bonds is 3. The first-order valence-electron chi connectivity index (χ1n) is 7.31. The number of para-hydroxylation sites is 2. The molecule has 0 radical (unpaired) electrons. The maximum atomic E-state index is 12.6. The molecule has 1 amide bonds. The zero-order valence-electron chi connectivity index (χ0n) is 12.4. The molecule has 24 heavy (non-hydrogen) atoms. The van der Waals surface area contributed by atoms with Crippen molar-refractivity contribution in [2.45, 2.75) is 0 Å². The molecule has 6 heteroatoms. The second-order valence-electron chi connectivity index (χ2n) is 5.21. The number of benzene rings is 2. The van der Waals surface area contributed by atoms with Crippen LogP contribution in [0.3, 0.4) is 0 Å². The highest BCUT2D eigenvalue weighted by Gasteiger charge is 2.16. The van der Waals surface area contributed by atoms with Crippen molar-refractivity contribution in [3.63, 3.8) is 0 Å². The zero-order valence-corrected chi connectivity index (χ0v) is 13.2. The van der Waals surface area contributed by atoms with E-state index in [1.807, 2.05) is 36.4 Å². The summed E-state index contributed by atoms with van der Waals surface area (Å²) in [7, 11) is 0. The number of anilines is 1. The van der Waals surface area contributed by atoms with E-state index in [0.29, 0.717) is 22.7 Å². The number of nitrogens with one attached hydrogen (secondary N) is 2. The summed E-state index contributed by atoms with van der Waals surface area (Å²) in [5.74, 6) is 0.824. The number of hydrogen-bond donors (Lipinski definition) is 2. The number of amides is 1. The molecule has 0 aliphatic rings. The molecule has 0 aliphatic heterocycles. The molecular weight excluding hydrogens is 326 g/mol. The lowest BCUT2D eigenvalue weighted by Crippen LogP contribution is -2.12. The van der Waals surface area contributed by atoms with Crippen molar-refractivity contribution in [3.8, 4) is 11.6 Å². The van der Waals surface area contributed by atoms with E-state index in [-0.39, 0.29) is 11.1 Å². The molecular formula is C18H12ClN3O2. The van der Waals surface area contributed by atoms with Gasteiger partial charge in [-0.2, -0.15) is 0 Å². The van der Waals surface area contributed by atoms with E-state index in [0.717, 1.165) is 11.2 Å². The molecule has 0 unspecified atom stereocenters. The van der Waals surface area contributed by atoms with Gasteiger partial charge >= 0.3 is 0 Å². The number of nitrogens with zero attached hydrogens (tertiary/aromatic N) is 1. The molecule has 0 saturated heterocycles. The summed E-state index contributed by atoms with van der Waals surface area (Å²) in [6.45, 7) is 0. The van der Waals surface area contributed by atoms with Crippen LogP contribution in [0.5, 0.6) is 0 Å². The molecule has 0 saturated carbocycles. The van der Waals surface area contributed by atoms with Gasteiger partial charge in [-0.25, -0.2) is 4.98 Å². The minimum Gasteiger partial charge on any atom is -0.441 e. The Labute approximate surface area is 142 Å². The summed E-state index contributed by atoms with van der Waals surface area (Å²) in [6.07, 6.45) is 0. The molecule has 5 nitrogen and oxygen atoms in total. The van der Waals surface area contributed by atoms with E-state index < -0.39 is 0 Å². The van der Waals surface area contributed by atoms with Crippen LogP contribution in [0, 0.1) is 0 Å². The summed E-state index contributed by atoms with van der Waals surface area (Å²) in [6, 6.07) is 18.1. The lowest BCUT2D eigenvalue weighted by molar-refractivity contribution is 0.102. The Bertz CT molecular complexity index is 1020. The molecule has 2 heterocycles. The van der Waals surface area contributed by atoms with Crippen LogP contribution in [0.15, 0.2) is 65.1 Å². The molecule has 4 rings (SSSR count). The van der Waals surface area contributed by atoms with Crippen LogP contribution in [0.25, 0.3) is 22.6 Å². The number of imidazole rings is 1. The maximum absolute atomic E-state index is 12.6. The van der Waals surface area contributed by atoms with Gasteiger partial charge in [0.2, 0.25) is 0 Å². The van der Waals surface area contributed by atoms with Crippen LogP contribution >= 0.6 is 11.6 Å². The minimum atomic E-state index is -0.220. The quantitative estimate of drug-likeness (QED) is 0.567. The van der Waals surface area contributed by atoms with Gasteiger partial charge in [0.25, 0.3) is 5.91 Å². The highest BCUT2D eigenvalue weighted by atomic mass is 35.5. The monoisotopic (exact) mass is 337 g/mol. The third-order valence-electron chi connectivity index (χ3n) is 3.60. The number of carbonyl (C=O) groups is 1. The molecule has 2 aromatic heterocycles. The maximum Gasteiger partial charge on any atom is 0.257 e. The molecule has 118 valence electrons. The molecule has 0 fully saturated rings. The average Bonchev–Trinajstić information content (AvgIpc) is 3.21. The molecule has 0 spiro atoms. The first-order valence-corrected chi connectivity index (χ1v) is 7.69. The Morgan fingerprint density at radius 1 is 1.04 bits per heavy atom. The van der Waals surface area contributed by atoms with E-state index in [2.05, 4.69) is 15.3 Å². The minimum absolute atomic E-state index is 0.220. The summed E-state index contributed by atoms with van der Waals surface area (Å²) in [5.41, 5.74) is 2.54.